The molecule has 0 aliphatic carbocycles. The Kier molecular flexibility index (Phi) is 5.43. The van der Waals surface area contributed by atoms with Crippen LogP contribution in [0.4, 0.5) is 0 Å². The van der Waals surface area contributed by atoms with Crippen LogP contribution in [-0.2, 0) is 6.54 Å². The van der Waals surface area contributed by atoms with E-state index >= 15 is 0 Å². The summed E-state index contributed by atoms with van der Waals surface area (Å²) in [5.74, 6) is 1.71. The monoisotopic (exact) mass is 210 g/mol. The van der Waals surface area contributed by atoms with Crippen LogP contribution in [0.25, 0.3) is 0 Å². The largest absolute Gasteiger partial charge is 0.468 e. The van der Waals surface area contributed by atoms with Gasteiger partial charge in [-0.2, -0.15) is 0 Å². The Morgan fingerprint density at radius 2 is 2.33 bits per heavy atom. The Morgan fingerprint density at radius 1 is 1.53 bits per heavy atom. The van der Waals surface area contributed by atoms with Gasteiger partial charge < -0.3 is 9.73 Å². The summed E-state index contributed by atoms with van der Waals surface area (Å²) in [6.45, 7) is 8.52. The van der Waals surface area contributed by atoms with Crippen molar-refractivity contribution in [1.82, 2.24) is 10.2 Å². The number of furan rings is 1. The molecule has 0 aromatic carbocycles. The molecule has 0 bridgehead atoms. The summed E-state index contributed by atoms with van der Waals surface area (Å²) in [7, 11) is 2.13. The topological polar surface area (TPSA) is 28.4 Å². The molecule has 0 spiro atoms. The van der Waals surface area contributed by atoms with Crippen LogP contribution in [0.2, 0.25) is 0 Å². The Morgan fingerprint density at radius 3 is 2.93 bits per heavy atom. The standard InChI is InChI=1S/C12H22N2O/c1-4-13-8-11(2)9-14(3)10-12-6-5-7-15-12/h5-7,11,13H,4,8-10H2,1-3H3. The van der Waals surface area contributed by atoms with Gasteiger partial charge >= 0.3 is 0 Å². The first-order valence-corrected chi connectivity index (χ1v) is 5.64. The fraction of sp³-hybridized carbons (Fsp3) is 0.667. The summed E-state index contributed by atoms with van der Waals surface area (Å²) in [5, 5.41) is 3.36. The highest BCUT2D eigenvalue weighted by atomic mass is 16.3. The maximum Gasteiger partial charge on any atom is 0.117 e. The van der Waals surface area contributed by atoms with E-state index in [1.54, 1.807) is 6.26 Å². The Labute approximate surface area is 92.5 Å². The minimum Gasteiger partial charge on any atom is -0.468 e. The summed E-state index contributed by atoms with van der Waals surface area (Å²) in [6.07, 6.45) is 1.73. The quantitative estimate of drug-likeness (QED) is 0.745. The van der Waals surface area contributed by atoms with Crippen molar-refractivity contribution >= 4 is 0 Å². The molecule has 1 aromatic rings. The highest BCUT2D eigenvalue weighted by Gasteiger charge is 2.07. The van der Waals surface area contributed by atoms with Crippen molar-refractivity contribution in [2.45, 2.75) is 20.4 Å². The molecule has 0 aliphatic rings. The molecule has 0 amide bonds. The van der Waals surface area contributed by atoms with Crippen LogP contribution < -0.4 is 5.32 Å². The normalized spacial score (nSPS) is 13.3. The lowest BCUT2D eigenvalue weighted by molar-refractivity contribution is 0.254. The molecule has 0 aliphatic heterocycles. The van der Waals surface area contributed by atoms with Gasteiger partial charge in [0, 0.05) is 6.54 Å². The Balaban J connectivity index is 2.20. The van der Waals surface area contributed by atoms with Gasteiger partial charge in [-0.15, -0.1) is 0 Å². The van der Waals surface area contributed by atoms with Crippen LogP contribution in [-0.4, -0.2) is 31.6 Å². The van der Waals surface area contributed by atoms with Gasteiger partial charge in [-0.1, -0.05) is 13.8 Å². The van der Waals surface area contributed by atoms with Gasteiger partial charge in [-0.3, -0.25) is 4.90 Å². The van der Waals surface area contributed by atoms with E-state index in [0.717, 1.165) is 31.9 Å². The Bertz CT molecular complexity index is 246. The predicted octanol–water partition coefficient (Wildman–Crippen LogP) is 1.96. The van der Waals surface area contributed by atoms with Gasteiger partial charge in [0.05, 0.1) is 12.8 Å². The lowest BCUT2D eigenvalue weighted by Crippen LogP contribution is -2.30. The third-order valence-corrected chi connectivity index (χ3v) is 2.37. The summed E-state index contributed by atoms with van der Waals surface area (Å²) >= 11 is 0. The number of nitrogens with zero attached hydrogens (tertiary/aromatic N) is 1. The summed E-state index contributed by atoms with van der Waals surface area (Å²) in [4.78, 5) is 2.29. The van der Waals surface area contributed by atoms with Crippen LogP contribution in [0.3, 0.4) is 0 Å². The van der Waals surface area contributed by atoms with Gasteiger partial charge in [0.1, 0.15) is 5.76 Å². The lowest BCUT2D eigenvalue weighted by atomic mass is 10.1. The van der Waals surface area contributed by atoms with Crippen molar-refractivity contribution in [3.63, 3.8) is 0 Å². The summed E-state index contributed by atoms with van der Waals surface area (Å²) in [5.41, 5.74) is 0. The van der Waals surface area contributed by atoms with Crippen LogP contribution in [0.5, 0.6) is 0 Å². The third kappa shape index (κ3) is 5.00. The van der Waals surface area contributed by atoms with Crippen LogP contribution in [0.1, 0.15) is 19.6 Å². The first-order chi connectivity index (χ1) is 7.22. The van der Waals surface area contributed by atoms with Crippen molar-refractivity contribution in [3.05, 3.63) is 24.2 Å². The van der Waals surface area contributed by atoms with E-state index in [4.69, 9.17) is 4.42 Å². The van der Waals surface area contributed by atoms with Crippen molar-refractivity contribution in [2.24, 2.45) is 5.92 Å². The second kappa shape index (κ2) is 6.64. The first-order valence-electron chi connectivity index (χ1n) is 5.64. The number of rotatable bonds is 7. The van der Waals surface area contributed by atoms with Crippen molar-refractivity contribution in [2.75, 3.05) is 26.7 Å². The zero-order valence-corrected chi connectivity index (χ0v) is 9.99. The van der Waals surface area contributed by atoms with Crippen LogP contribution in [0.15, 0.2) is 22.8 Å². The molecule has 0 fully saturated rings. The second-order valence-corrected chi connectivity index (χ2v) is 4.19. The molecule has 0 saturated heterocycles. The zero-order valence-electron chi connectivity index (χ0n) is 9.99. The highest BCUT2D eigenvalue weighted by Crippen LogP contribution is 2.05. The van der Waals surface area contributed by atoms with E-state index in [1.165, 1.54) is 0 Å². The highest BCUT2D eigenvalue weighted by molar-refractivity contribution is 4.97. The van der Waals surface area contributed by atoms with E-state index in [-0.39, 0.29) is 0 Å². The molecule has 86 valence electrons. The lowest BCUT2D eigenvalue weighted by Gasteiger charge is -2.20. The van der Waals surface area contributed by atoms with Crippen molar-refractivity contribution in [3.8, 4) is 0 Å². The van der Waals surface area contributed by atoms with E-state index in [0.29, 0.717) is 5.92 Å². The average molecular weight is 210 g/mol. The van der Waals surface area contributed by atoms with Gasteiger partial charge in [-0.05, 0) is 38.2 Å². The van der Waals surface area contributed by atoms with Gasteiger partial charge in [-0.25, -0.2) is 0 Å². The molecule has 1 rings (SSSR count). The molecule has 15 heavy (non-hydrogen) atoms. The van der Waals surface area contributed by atoms with Crippen molar-refractivity contribution in [1.29, 1.82) is 0 Å². The molecule has 3 heteroatoms. The van der Waals surface area contributed by atoms with E-state index in [9.17, 15) is 0 Å². The molecule has 0 saturated carbocycles. The van der Waals surface area contributed by atoms with Gasteiger partial charge in [0.15, 0.2) is 0 Å². The molecular weight excluding hydrogens is 188 g/mol. The Hall–Kier alpha value is -0.800. The molecule has 1 N–H and O–H groups in total. The first kappa shape index (κ1) is 12.3. The van der Waals surface area contributed by atoms with Gasteiger partial charge in [0.25, 0.3) is 0 Å². The predicted molar refractivity (Wildman–Crippen MR) is 62.7 cm³/mol. The summed E-state index contributed by atoms with van der Waals surface area (Å²) in [6, 6.07) is 3.96. The van der Waals surface area contributed by atoms with Gasteiger partial charge in [0.2, 0.25) is 0 Å². The molecule has 1 aromatic heterocycles. The maximum atomic E-state index is 5.31. The minimum atomic E-state index is 0.671. The average Bonchev–Trinajstić information content (AvgIpc) is 2.67. The second-order valence-electron chi connectivity index (χ2n) is 4.19. The molecular formula is C12H22N2O. The molecule has 3 nitrogen and oxygen atoms in total. The van der Waals surface area contributed by atoms with E-state index in [1.807, 2.05) is 12.1 Å². The molecule has 0 radical (unpaired) electrons. The maximum absolute atomic E-state index is 5.31. The number of nitrogens with one attached hydrogen (secondary N) is 1. The van der Waals surface area contributed by atoms with Crippen LogP contribution >= 0.6 is 0 Å². The molecule has 1 unspecified atom stereocenters. The molecule has 1 atom stereocenters. The van der Waals surface area contributed by atoms with Crippen LogP contribution in [0, 0.1) is 5.92 Å². The van der Waals surface area contributed by atoms with Crippen molar-refractivity contribution < 1.29 is 4.42 Å². The fourth-order valence-electron chi connectivity index (χ4n) is 1.72. The smallest absolute Gasteiger partial charge is 0.117 e. The van der Waals surface area contributed by atoms with E-state index in [2.05, 4.69) is 31.1 Å². The third-order valence-electron chi connectivity index (χ3n) is 2.37. The summed E-state index contributed by atoms with van der Waals surface area (Å²) < 4.78 is 5.31. The SMILES string of the molecule is CCNCC(C)CN(C)Cc1ccco1. The number of hydrogen-bond donors (Lipinski definition) is 1. The fourth-order valence-corrected chi connectivity index (χ4v) is 1.72. The minimum absolute atomic E-state index is 0.671. The molecule has 1 heterocycles. The zero-order chi connectivity index (χ0) is 11.1. The number of hydrogen-bond acceptors (Lipinski definition) is 3. The van der Waals surface area contributed by atoms with E-state index < -0.39 is 0 Å².